The average molecular weight is 260 g/mol. The molecule has 0 bridgehead atoms. The molecule has 0 aliphatic carbocycles. The molecule has 7 heteroatoms. The van der Waals surface area contributed by atoms with Crippen LogP contribution in [0.15, 0.2) is 23.1 Å². The van der Waals surface area contributed by atoms with Crippen molar-refractivity contribution < 1.29 is 17.5 Å². The summed E-state index contributed by atoms with van der Waals surface area (Å²) < 4.78 is 38.5. The highest BCUT2D eigenvalue weighted by Crippen LogP contribution is 2.24. The van der Waals surface area contributed by atoms with Crippen molar-refractivity contribution in [3.63, 3.8) is 0 Å². The first-order chi connectivity index (χ1) is 8.00. The molecule has 0 spiro atoms. The first-order valence-electron chi connectivity index (χ1n) is 4.75. The number of nitrogens with zero attached hydrogens (tertiary/aromatic N) is 1. The van der Waals surface area contributed by atoms with Gasteiger partial charge in [0.2, 0.25) is 16.9 Å². The topological polar surface area (TPSA) is 93.2 Å². The number of alkyl halides is 1. The fourth-order valence-electron chi connectivity index (χ4n) is 1.04. The number of nitrogens with two attached hydrogens (primary N) is 1. The summed E-state index contributed by atoms with van der Waals surface area (Å²) in [5.74, 6) is -0.147. The Morgan fingerprint density at radius 1 is 1.47 bits per heavy atom. The third-order valence-corrected chi connectivity index (χ3v) is 2.57. The van der Waals surface area contributed by atoms with Crippen LogP contribution in [-0.4, -0.2) is 15.3 Å². The highest BCUT2D eigenvalue weighted by atomic mass is 32.2. The number of sulfonamides is 1. The number of hydrogen-bond donors (Lipinski definition) is 1. The number of rotatable bonds is 3. The van der Waals surface area contributed by atoms with E-state index in [0.717, 1.165) is 6.07 Å². The lowest BCUT2D eigenvalue weighted by atomic mass is 10.2. The number of nitriles is 1. The summed E-state index contributed by atoms with van der Waals surface area (Å²) in [6, 6.07) is 5.35. The Bertz CT molecular complexity index is 509. The smallest absolute Gasteiger partial charge is 0.239 e. The first kappa shape index (κ1) is 15.4. The number of hydrogen-bond acceptors (Lipinski definition) is 4. The summed E-state index contributed by atoms with van der Waals surface area (Å²) in [6.07, 6.45) is 0. The van der Waals surface area contributed by atoms with Crippen LogP contribution in [0.4, 0.5) is 4.39 Å². The van der Waals surface area contributed by atoms with Crippen LogP contribution in [0.2, 0.25) is 0 Å². The number of halogens is 1. The van der Waals surface area contributed by atoms with Crippen molar-refractivity contribution in [2.45, 2.75) is 18.7 Å². The lowest BCUT2D eigenvalue weighted by Gasteiger charge is -2.06. The van der Waals surface area contributed by atoms with Gasteiger partial charge in [-0.3, -0.25) is 0 Å². The Balaban J connectivity index is 0.00000121. The van der Waals surface area contributed by atoms with Crippen molar-refractivity contribution in [1.82, 2.24) is 0 Å². The Labute approximate surface area is 99.7 Å². The van der Waals surface area contributed by atoms with Gasteiger partial charge < -0.3 is 4.74 Å². The second-order valence-electron chi connectivity index (χ2n) is 2.54. The summed E-state index contributed by atoms with van der Waals surface area (Å²) in [5, 5.41) is 13.6. The predicted octanol–water partition coefficient (Wildman–Crippen LogP) is 1.54. The van der Waals surface area contributed by atoms with E-state index in [9.17, 15) is 12.8 Å². The van der Waals surface area contributed by atoms with Gasteiger partial charge in [0.15, 0.2) is 0 Å². The Morgan fingerprint density at radius 3 is 2.47 bits per heavy atom. The maximum absolute atomic E-state index is 11.9. The molecule has 1 aromatic rings. The molecule has 0 aromatic heterocycles. The molecule has 0 heterocycles. The van der Waals surface area contributed by atoms with Gasteiger partial charge in [0.05, 0.1) is 0 Å². The number of benzene rings is 1. The van der Waals surface area contributed by atoms with E-state index in [0.29, 0.717) is 0 Å². The van der Waals surface area contributed by atoms with Crippen LogP contribution < -0.4 is 9.88 Å². The molecule has 0 fully saturated rings. The molecular weight excluding hydrogens is 247 g/mol. The van der Waals surface area contributed by atoms with Crippen LogP contribution in [0.25, 0.3) is 0 Å². The molecule has 0 saturated heterocycles. The summed E-state index contributed by atoms with van der Waals surface area (Å²) in [7, 11) is -4.01. The number of primary sulfonamides is 1. The van der Waals surface area contributed by atoms with E-state index >= 15 is 0 Å². The van der Waals surface area contributed by atoms with Crippen molar-refractivity contribution in [3.8, 4) is 11.8 Å². The van der Waals surface area contributed by atoms with E-state index in [2.05, 4.69) is 4.74 Å². The van der Waals surface area contributed by atoms with Gasteiger partial charge in [0.1, 0.15) is 22.3 Å². The van der Waals surface area contributed by atoms with Crippen molar-refractivity contribution in [1.29, 1.82) is 5.26 Å². The van der Waals surface area contributed by atoms with Gasteiger partial charge in [0, 0.05) is 0 Å². The molecule has 0 radical (unpaired) electrons. The molecular formula is C10H13FN2O3S. The van der Waals surface area contributed by atoms with Gasteiger partial charge in [-0.1, -0.05) is 19.9 Å². The van der Waals surface area contributed by atoms with Crippen LogP contribution in [0.5, 0.6) is 5.75 Å². The highest BCUT2D eigenvalue weighted by Gasteiger charge is 2.17. The van der Waals surface area contributed by atoms with Crippen molar-refractivity contribution in [2.24, 2.45) is 5.14 Å². The van der Waals surface area contributed by atoms with Crippen LogP contribution in [0, 0.1) is 11.3 Å². The number of ether oxygens (including phenoxy) is 1. The third-order valence-electron chi connectivity index (χ3n) is 1.62. The summed E-state index contributed by atoms with van der Waals surface area (Å²) >= 11 is 0. The van der Waals surface area contributed by atoms with Crippen molar-refractivity contribution in [3.05, 3.63) is 23.8 Å². The molecule has 0 saturated carbocycles. The van der Waals surface area contributed by atoms with E-state index in [4.69, 9.17) is 10.4 Å². The molecule has 0 unspecified atom stereocenters. The second kappa shape index (κ2) is 6.83. The predicted molar refractivity (Wildman–Crippen MR) is 60.5 cm³/mol. The largest absolute Gasteiger partial charge is 0.461 e. The van der Waals surface area contributed by atoms with Gasteiger partial charge in [0.25, 0.3) is 0 Å². The zero-order valence-corrected chi connectivity index (χ0v) is 10.3. The Kier molecular flexibility index (Phi) is 6.17. The lowest BCUT2D eigenvalue weighted by Crippen LogP contribution is -2.14. The highest BCUT2D eigenvalue weighted by molar-refractivity contribution is 7.89. The molecule has 2 N–H and O–H groups in total. The molecule has 5 nitrogen and oxygen atoms in total. The molecule has 0 amide bonds. The molecule has 0 aliphatic heterocycles. The van der Waals surface area contributed by atoms with Crippen LogP contribution in [0.1, 0.15) is 19.4 Å². The van der Waals surface area contributed by atoms with E-state index in [1.54, 1.807) is 6.07 Å². The zero-order chi connectivity index (χ0) is 13.5. The minimum Gasteiger partial charge on any atom is -0.461 e. The fourth-order valence-corrected chi connectivity index (χ4v) is 1.74. The van der Waals surface area contributed by atoms with E-state index in [-0.39, 0.29) is 16.2 Å². The van der Waals surface area contributed by atoms with Crippen LogP contribution in [0.3, 0.4) is 0 Å². The van der Waals surface area contributed by atoms with Gasteiger partial charge in [-0.15, -0.1) is 0 Å². The molecule has 1 aromatic carbocycles. The van der Waals surface area contributed by atoms with Crippen molar-refractivity contribution >= 4 is 10.0 Å². The third kappa shape index (κ3) is 4.01. The molecule has 1 rings (SSSR count). The van der Waals surface area contributed by atoms with Gasteiger partial charge in [-0.2, -0.15) is 5.26 Å². The summed E-state index contributed by atoms with van der Waals surface area (Å²) in [6.45, 7) is 2.85. The monoisotopic (exact) mass is 260 g/mol. The SMILES string of the molecule is CC.N#Cc1c(OCF)cccc1S(N)(=O)=O. The maximum atomic E-state index is 11.9. The minimum absolute atomic E-state index is 0.147. The van der Waals surface area contributed by atoms with Gasteiger partial charge >= 0.3 is 0 Å². The molecule has 17 heavy (non-hydrogen) atoms. The molecule has 94 valence electrons. The summed E-state index contributed by atoms with van der Waals surface area (Å²) in [5.41, 5.74) is -0.294. The normalized spacial score (nSPS) is 9.82. The lowest BCUT2D eigenvalue weighted by molar-refractivity contribution is 0.191. The van der Waals surface area contributed by atoms with Crippen molar-refractivity contribution in [2.75, 3.05) is 6.86 Å². The molecule has 0 aliphatic rings. The Morgan fingerprint density at radius 2 is 2.06 bits per heavy atom. The minimum atomic E-state index is -4.01. The van der Waals surface area contributed by atoms with E-state index < -0.39 is 16.9 Å². The zero-order valence-electron chi connectivity index (χ0n) is 9.47. The first-order valence-corrected chi connectivity index (χ1v) is 6.30. The Hall–Kier alpha value is -1.65. The van der Waals surface area contributed by atoms with Crippen LogP contribution >= 0.6 is 0 Å². The molecule has 0 atom stereocenters. The quantitative estimate of drug-likeness (QED) is 0.891. The fraction of sp³-hybridized carbons (Fsp3) is 0.300. The maximum Gasteiger partial charge on any atom is 0.239 e. The average Bonchev–Trinajstić information content (AvgIpc) is 2.30. The van der Waals surface area contributed by atoms with Gasteiger partial charge in [-0.05, 0) is 12.1 Å². The van der Waals surface area contributed by atoms with E-state index in [1.165, 1.54) is 12.1 Å². The summed E-state index contributed by atoms with van der Waals surface area (Å²) in [4.78, 5) is -0.379. The van der Waals surface area contributed by atoms with Gasteiger partial charge in [-0.25, -0.2) is 17.9 Å². The van der Waals surface area contributed by atoms with Crippen LogP contribution in [-0.2, 0) is 10.0 Å². The second-order valence-corrected chi connectivity index (χ2v) is 4.07. The standard InChI is InChI=1S/C8H7FN2O3S.C2H6/c9-5-14-7-2-1-3-8(6(7)4-10)15(11,12)13;1-2/h1-3H,5H2,(H2,11,12,13);1-2H3. The van der Waals surface area contributed by atoms with E-state index in [1.807, 2.05) is 13.8 Å².